The Bertz CT molecular complexity index is 535. The van der Waals surface area contributed by atoms with Crippen molar-refractivity contribution in [1.29, 1.82) is 0 Å². The lowest BCUT2D eigenvalue weighted by atomic mass is 10.2. The molecule has 0 aliphatic rings. The van der Waals surface area contributed by atoms with E-state index in [-0.39, 0.29) is 39.6 Å². The van der Waals surface area contributed by atoms with Crippen molar-refractivity contribution in [3.63, 3.8) is 0 Å². The summed E-state index contributed by atoms with van der Waals surface area (Å²) in [7, 11) is 0. The summed E-state index contributed by atoms with van der Waals surface area (Å²) in [6.07, 6.45) is 0. The topological polar surface area (TPSA) is 64.7 Å². The fraction of sp³-hybridized carbons (Fsp3) is 0.273. The van der Waals surface area contributed by atoms with E-state index in [2.05, 4.69) is 4.99 Å². The van der Waals surface area contributed by atoms with Gasteiger partial charge in [-0.25, -0.2) is 14.2 Å². The lowest BCUT2D eigenvalue weighted by molar-refractivity contribution is 0.0526. The Morgan fingerprint density at radius 2 is 2.11 bits per heavy atom. The predicted octanol–water partition coefficient (Wildman–Crippen LogP) is 3.54. The van der Waals surface area contributed by atoms with Crippen LogP contribution >= 0.6 is 34.8 Å². The molecule has 0 amide bonds. The second kappa shape index (κ2) is 6.93. The minimum Gasteiger partial charge on any atom is -0.462 e. The van der Waals surface area contributed by atoms with Gasteiger partial charge in [0.1, 0.15) is 22.4 Å². The van der Waals surface area contributed by atoms with Crippen molar-refractivity contribution in [1.82, 2.24) is 0 Å². The molecule has 2 N–H and O–H groups in total. The van der Waals surface area contributed by atoms with Crippen LogP contribution < -0.4 is 5.73 Å². The Morgan fingerprint density at radius 1 is 1.47 bits per heavy atom. The minimum atomic E-state index is -0.852. The molecule has 0 aromatic heterocycles. The number of nitrogens with zero attached hydrogens (tertiary/aromatic N) is 1. The van der Waals surface area contributed by atoms with Gasteiger partial charge in [-0.3, -0.25) is 0 Å². The predicted molar refractivity (Wildman–Crippen MR) is 74.4 cm³/mol. The molecular weight excluding hydrogens is 317 g/mol. The molecule has 1 rings (SSSR count). The molecular formula is C11H10Cl3FN2O2. The number of nitrogens with two attached hydrogens (primary N) is 1. The number of esters is 1. The number of hydrogen-bond acceptors (Lipinski definition) is 3. The molecule has 0 unspecified atom stereocenters. The first-order valence-electron chi connectivity index (χ1n) is 5.16. The number of aliphatic imine (C=N–C) groups is 1. The van der Waals surface area contributed by atoms with E-state index in [1.807, 2.05) is 0 Å². The third kappa shape index (κ3) is 3.72. The van der Waals surface area contributed by atoms with Crippen molar-refractivity contribution in [3.8, 4) is 0 Å². The average Bonchev–Trinajstić information content (AvgIpc) is 2.38. The van der Waals surface area contributed by atoms with E-state index in [9.17, 15) is 9.18 Å². The molecule has 0 spiro atoms. The van der Waals surface area contributed by atoms with E-state index in [1.54, 1.807) is 6.92 Å². The normalized spacial score (nSPS) is 11.5. The van der Waals surface area contributed by atoms with Crippen LogP contribution in [0.15, 0.2) is 11.1 Å². The summed E-state index contributed by atoms with van der Waals surface area (Å²) in [5.41, 5.74) is 5.12. The largest absolute Gasteiger partial charge is 0.462 e. The van der Waals surface area contributed by atoms with Crippen molar-refractivity contribution < 1.29 is 13.9 Å². The van der Waals surface area contributed by atoms with Crippen molar-refractivity contribution in [3.05, 3.63) is 27.5 Å². The molecule has 0 saturated carbocycles. The molecule has 0 radical (unpaired) electrons. The number of rotatable bonds is 4. The number of carbonyl (C=O) groups is 1. The first-order chi connectivity index (χ1) is 8.92. The molecule has 0 saturated heterocycles. The van der Waals surface area contributed by atoms with Crippen LogP contribution in [0.3, 0.4) is 0 Å². The Balaban J connectivity index is 3.42. The number of alkyl halides is 1. The van der Waals surface area contributed by atoms with Crippen LogP contribution in [0.1, 0.15) is 17.3 Å². The molecule has 19 heavy (non-hydrogen) atoms. The van der Waals surface area contributed by atoms with Gasteiger partial charge in [0, 0.05) is 0 Å². The maximum Gasteiger partial charge on any atom is 0.339 e. The standard InChI is InChI=1S/C11H10Cl3FN2O2/c1-2-19-11(18)5-3-6(15)9(14)10(8(5)13)17-7(16)4-12/h3H,2,4H2,1H3,(H2,16,17). The summed E-state index contributed by atoms with van der Waals surface area (Å²) in [5.74, 6) is -1.72. The molecule has 0 fully saturated rings. The first kappa shape index (κ1) is 16.0. The van der Waals surface area contributed by atoms with Crippen LogP contribution in [-0.4, -0.2) is 24.3 Å². The smallest absolute Gasteiger partial charge is 0.339 e. The van der Waals surface area contributed by atoms with E-state index < -0.39 is 11.8 Å². The Labute approximate surface area is 124 Å². The van der Waals surface area contributed by atoms with Crippen LogP contribution in [0, 0.1) is 5.82 Å². The van der Waals surface area contributed by atoms with Gasteiger partial charge in [0.05, 0.1) is 23.1 Å². The number of benzene rings is 1. The summed E-state index contributed by atoms with van der Waals surface area (Å²) >= 11 is 17.2. The number of amidine groups is 1. The van der Waals surface area contributed by atoms with Crippen molar-refractivity contribution in [2.24, 2.45) is 10.7 Å². The second-order valence-electron chi connectivity index (χ2n) is 3.34. The first-order valence-corrected chi connectivity index (χ1v) is 6.45. The zero-order valence-electron chi connectivity index (χ0n) is 9.84. The quantitative estimate of drug-likeness (QED) is 0.302. The lowest BCUT2D eigenvalue weighted by Gasteiger charge is -2.09. The van der Waals surface area contributed by atoms with Crippen LogP contribution in [0.4, 0.5) is 10.1 Å². The Hall–Kier alpha value is -1.04. The van der Waals surface area contributed by atoms with Gasteiger partial charge in [0.2, 0.25) is 0 Å². The van der Waals surface area contributed by atoms with Gasteiger partial charge < -0.3 is 10.5 Å². The second-order valence-corrected chi connectivity index (χ2v) is 4.36. The zero-order valence-corrected chi connectivity index (χ0v) is 12.1. The molecule has 1 aromatic rings. The highest BCUT2D eigenvalue weighted by Gasteiger charge is 2.21. The fourth-order valence-electron chi connectivity index (χ4n) is 1.22. The molecule has 0 atom stereocenters. The van der Waals surface area contributed by atoms with E-state index in [4.69, 9.17) is 45.3 Å². The van der Waals surface area contributed by atoms with E-state index in [0.717, 1.165) is 6.07 Å². The Morgan fingerprint density at radius 3 is 2.63 bits per heavy atom. The average molecular weight is 328 g/mol. The molecule has 8 heteroatoms. The van der Waals surface area contributed by atoms with Gasteiger partial charge in [0.25, 0.3) is 0 Å². The van der Waals surface area contributed by atoms with E-state index in [1.165, 1.54) is 0 Å². The van der Waals surface area contributed by atoms with Crippen LogP contribution in [-0.2, 0) is 4.74 Å². The number of ether oxygens (including phenoxy) is 1. The monoisotopic (exact) mass is 326 g/mol. The molecule has 0 bridgehead atoms. The highest BCUT2D eigenvalue weighted by molar-refractivity contribution is 6.41. The number of halogens is 4. The van der Waals surface area contributed by atoms with Gasteiger partial charge in [-0.2, -0.15) is 0 Å². The van der Waals surface area contributed by atoms with Crippen LogP contribution in [0.2, 0.25) is 10.0 Å². The van der Waals surface area contributed by atoms with E-state index in [0.29, 0.717) is 0 Å². The van der Waals surface area contributed by atoms with Crippen LogP contribution in [0.5, 0.6) is 0 Å². The summed E-state index contributed by atoms with van der Waals surface area (Å²) in [5, 5.41) is -0.482. The van der Waals surface area contributed by atoms with Crippen molar-refractivity contribution in [2.75, 3.05) is 12.5 Å². The molecule has 4 nitrogen and oxygen atoms in total. The summed E-state index contributed by atoms with van der Waals surface area (Å²) < 4.78 is 18.4. The molecule has 1 aromatic carbocycles. The maximum atomic E-state index is 13.6. The van der Waals surface area contributed by atoms with Gasteiger partial charge in [-0.05, 0) is 13.0 Å². The summed E-state index contributed by atoms with van der Waals surface area (Å²) in [6.45, 7) is 1.74. The molecule has 0 heterocycles. The Kier molecular flexibility index (Phi) is 5.85. The lowest BCUT2D eigenvalue weighted by Crippen LogP contribution is -2.13. The van der Waals surface area contributed by atoms with Crippen molar-refractivity contribution >= 4 is 52.3 Å². The van der Waals surface area contributed by atoms with E-state index >= 15 is 0 Å². The van der Waals surface area contributed by atoms with Gasteiger partial charge >= 0.3 is 5.97 Å². The van der Waals surface area contributed by atoms with Crippen molar-refractivity contribution in [2.45, 2.75) is 6.92 Å². The van der Waals surface area contributed by atoms with Gasteiger partial charge in [-0.1, -0.05) is 23.2 Å². The summed E-state index contributed by atoms with van der Waals surface area (Å²) in [4.78, 5) is 15.4. The summed E-state index contributed by atoms with van der Waals surface area (Å²) in [6, 6.07) is 0.887. The molecule has 0 aliphatic heterocycles. The number of carbonyl (C=O) groups excluding carboxylic acids is 1. The minimum absolute atomic E-state index is 0.00845. The molecule has 104 valence electrons. The zero-order chi connectivity index (χ0) is 14.6. The van der Waals surface area contributed by atoms with Crippen LogP contribution in [0.25, 0.3) is 0 Å². The highest BCUT2D eigenvalue weighted by Crippen LogP contribution is 2.38. The van der Waals surface area contributed by atoms with Gasteiger partial charge in [0.15, 0.2) is 0 Å². The molecule has 0 aliphatic carbocycles. The fourth-order valence-corrected chi connectivity index (χ4v) is 1.79. The SMILES string of the molecule is CCOC(=O)c1cc(F)c(Cl)c(N=C(N)CCl)c1Cl. The third-order valence-electron chi connectivity index (χ3n) is 2.02. The highest BCUT2D eigenvalue weighted by atomic mass is 35.5. The number of hydrogen-bond donors (Lipinski definition) is 1. The van der Waals surface area contributed by atoms with Gasteiger partial charge in [-0.15, -0.1) is 11.6 Å². The third-order valence-corrected chi connectivity index (χ3v) is 3.04. The maximum absolute atomic E-state index is 13.6.